The number of nitrogens with zero attached hydrogens (tertiary/aromatic N) is 4. The number of fused-ring (bicyclic) bond motifs is 1. The van der Waals surface area contributed by atoms with Crippen LogP contribution in [0.1, 0.15) is 18.2 Å². The average molecular weight is 494 g/mol. The van der Waals surface area contributed by atoms with Crippen molar-refractivity contribution in [1.29, 1.82) is 0 Å². The van der Waals surface area contributed by atoms with Crippen molar-refractivity contribution in [1.82, 2.24) is 0 Å². The van der Waals surface area contributed by atoms with Gasteiger partial charge in [-0.3, -0.25) is 30.3 Å². The molecule has 11 heteroatoms. The van der Waals surface area contributed by atoms with Gasteiger partial charge in [0.1, 0.15) is 6.20 Å². The third kappa shape index (κ3) is 3.64. The first kappa shape index (κ1) is 23.6. The highest BCUT2D eigenvalue weighted by molar-refractivity contribution is 7.10. The van der Waals surface area contributed by atoms with Crippen LogP contribution in [0.5, 0.6) is 0 Å². The predicted molar refractivity (Wildman–Crippen MR) is 139 cm³/mol. The van der Waals surface area contributed by atoms with E-state index in [2.05, 4.69) is 4.48 Å². The van der Waals surface area contributed by atoms with Crippen LogP contribution < -0.4 is 15.4 Å². The average Bonchev–Trinajstić information content (AvgIpc) is 3.18. The van der Waals surface area contributed by atoms with E-state index in [-0.39, 0.29) is 17.1 Å². The molecule has 0 N–H and O–H groups in total. The first-order valence-corrected chi connectivity index (χ1v) is 11.4. The number of rotatable bonds is 6. The van der Waals surface area contributed by atoms with Crippen LogP contribution in [-0.2, 0) is 0 Å². The van der Waals surface area contributed by atoms with Crippen molar-refractivity contribution in [3.05, 3.63) is 139 Å². The quantitative estimate of drug-likeness (QED) is 0.228. The van der Waals surface area contributed by atoms with Gasteiger partial charge in [-0.25, -0.2) is 0 Å². The molecule has 0 fully saturated rings. The van der Waals surface area contributed by atoms with Gasteiger partial charge in [0.05, 0.1) is 14.8 Å². The molecule has 1 aromatic heterocycles. The molecule has 0 spiro atoms. The molecule has 1 aliphatic heterocycles. The first-order chi connectivity index (χ1) is 17.7. The van der Waals surface area contributed by atoms with Crippen LogP contribution >= 0.6 is 0 Å². The lowest BCUT2D eigenvalue weighted by Crippen LogP contribution is -2.78. The van der Waals surface area contributed by atoms with Crippen molar-refractivity contribution in [3.8, 4) is 0 Å². The lowest BCUT2D eigenvalue weighted by Gasteiger charge is -2.35. The van der Waals surface area contributed by atoms with Crippen LogP contribution in [-0.4, -0.2) is 21.1 Å². The Morgan fingerprint density at radius 2 is 1.05 bits per heavy atom. The predicted octanol–water partition coefficient (Wildman–Crippen LogP) is 3.79. The number of aromatic nitrogens is 1. The zero-order valence-electron chi connectivity index (χ0n) is 19.6. The Kier molecular flexibility index (Phi) is 5.60. The molecule has 0 atom stereocenters. The van der Waals surface area contributed by atoms with Gasteiger partial charge in [0.2, 0.25) is 0 Å². The SMILES string of the molecule is CC1=C(c2ccc([N+](=O)[O-])cc2)[B-](c2ccc([N+](=O)[O-])cc2)(c2ccc([N+](=O)[O-])cc2)[n+]2ccccc21. The smallest absolute Gasteiger partial charge is 0.361 e. The van der Waals surface area contributed by atoms with Gasteiger partial charge in [0, 0.05) is 42.5 Å². The lowest BCUT2D eigenvalue weighted by atomic mass is 9.23. The topological polar surface area (TPSA) is 133 Å². The minimum atomic E-state index is -2.04. The zero-order valence-corrected chi connectivity index (χ0v) is 19.6. The highest BCUT2D eigenvalue weighted by atomic mass is 16.6. The lowest BCUT2D eigenvalue weighted by molar-refractivity contribution is -0.539. The molecule has 0 radical (unpaired) electrons. The molecule has 2 heterocycles. The fourth-order valence-electron chi connectivity index (χ4n) is 5.52. The normalized spacial score (nSPS) is 13.8. The van der Waals surface area contributed by atoms with E-state index in [1.165, 1.54) is 36.4 Å². The van der Waals surface area contributed by atoms with Gasteiger partial charge < -0.3 is 4.48 Å². The van der Waals surface area contributed by atoms with Gasteiger partial charge >= 0.3 is 6.28 Å². The highest BCUT2D eigenvalue weighted by Gasteiger charge is 2.51. The van der Waals surface area contributed by atoms with Gasteiger partial charge in [0.15, 0.2) is 5.69 Å². The summed E-state index contributed by atoms with van der Waals surface area (Å²) in [4.78, 5) is 32.7. The molecule has 0 saturated heterocycles. The van der Waals surface area contributed by atoms with Crippen molar-refractivity contribution in [3.63, 3.8) is 0 Å². The molecular formula is C26H19BN4O6. The number of nitro groups is 3. The van der Waals surface area contributed by atoms with Crippen molar-refractivity contribution in [2.75, 3.05) is 0 Å². The summed E-state index contributed by atoms with van der Waals surface area (Å²) in [6.07, 6.45) is -0.119. The molecule has 3 aromatic carbocycles. The molecule has 0 bridgehead atoms. The molecular weight excluding hydrogens is 475 g/mol. The summed E-state index contributed by atoms with van der Waals surface area (Å²) in [5, 5.41) is 34.1. The maximum atomic E-state index is 11.4. The number of allylic oxidation sites excluding steroid dienone is 1. The second kappa shape index (κ2) is 8.79. The Bertz CT molecular complexity index is 1540. The summed E-state index contributed by atoms with van der Waals surface area (Å²) in [5.74, 6) is 0. The Morgan fingerprint density at radius 3 is 1.49 bits per heavy atom. The maximum absolute atomic E-state index is 11.4. The summed E-state index contributed by atoms with van der Waals surface area (Å²) in [7, 11) is 0. The molecule has 0 amide bonds. The molecule has 37 heavy (non-hydrogen) atoms. The van der Waals surface area contributed by atoms with Gasteiger partial charge in [-0.1, -0.05) is 48.0 Å². The summed E-state index contributed by atoms with van der Waals surface area (Å²) in [6.45, 7) is 1.96. The summed E-state index contributed by atoms with van der Waals surface area (Å²) < 4.78 is 2.09. The van der Waals surface area contributed by atoms with Crippen LogP contribution in [0.25, 0.3) is 11.0 Å². The molecule has 182 valence electrons. The van der Waals surface area contributed by atoms with E-state index in [0.717, 1.165) is 33.2 Å². The Hall–Kier alpha value is -5.19. The van der Waals surface area contributed by atoms with E-state index in [1.54, 1.807) is 36.4 Å². The molecule has 1 aliphatic rings. The zero-order chi connectivity index (χ0) is 26.3. The van der Waals surface area contributed by atoms with Crippen molar-refractivity contribution >= 4 is 45.3 Å². The number of pyridine rings is 1. The van der Waals surface area contributed by atoms with Gasteiger partial charge in [0.25, 0.3) is 17.1 Å². The number of benzene rings is 3. The minimum Gasteiger partial charge on any atom is -0.408 e. The Morgan fingerprint density at radius 1 is 0.622 bits per heavy atom. The van der Waals surface area contributed by atoms with Crippen LogP contribution in [0.15, 0.2) is 97.2 Å². The van der Waals surface area contributed by atoms with E-state index in [9.17, 15) is 30.3 Å². The van der Waals surface area contributed by atoms with E-state index >= 15 is 0 Å². The molecule has 4 aromatic rings. The minimum absolute atomic E-state index is 0.0473. The summed E-state index contributed by atoms with van der Waals surface area (Å²) >= 11 is 0. The summed E-state index contributed by atoms with van der Waals surface area (Å²) in [6, 6.07) is 24.6. The van der Waals surface area contributed by atoms with Crippen molar-refractivity contribution in [2.24, 2.45) is 0 Å². The molecule has 0 aliphatic carbocycles. The number of hydrogen-bond donors (Lipinski definition) is 0. The van der Waals surface area contributed by atoms with Gasteiger partial charge in [-0.15, -0.1) is 16.4 Å². The fourth-order valence-corrected chi connectivity index (χ4v) is 5.52. The first-order valence-electron chi connectivity index (χ1n) is 11.4. The fraction of sp³-hybridized carbons (Fsp3) is 0.0385. The standard InChI is InChI=1S/C26H19BN4O6/c1-18-25-4-2-3-17-28(25)27(20-7-13-23(14-8-20)30(34)35,21-9-15-24(16-10-21)31(36)37)26(18)19-5-11-22(12-6-19)29(32)33/h2-17H,1H3. The number of nitro benzene ring substituents is 3. The van der Waals surface area contributed by atoms with Crippen LogP contribution in [0.2, 0.25) is 0 Å². The molecule has 0 unspecified atom stereocenters. The molecule has 5 rings (SSSR count). The Labute approximate surface area is 210 Å². The number of hydrogen-bond acceptors (Lipinski definition) is 6. The third-order valence-corrected chi connectivity index (χ3v) is 7.08. The summed E-state index contributed by atoms with van der Waals surface area (Å²) in [5.41, 5.74) is 4.75. The maximum Gasteiger partial charge on any atom is 0.361 e. The van der Waals surface area contributed by atoms with Crippen LogP contribution in [0, 0.1) is 30.3 Å². The second-order valence-corrected chi connectivity index (χ2v) is 8.85. The molecule has 10 nitrogen and oxygen atoms in total. The van der Waals surface area contributed by atoms with Gasteiger partial charge in [-0.2, -0.15) is 0 Å². The molecule has 0 saturated carbocycles. The van der Waals surface area contributed by atoms with Crippen LogP contribution in [0.4, 0.5) is 17.1 Å². The van der Waals surface area contributed by atoms with E-state index in [1.807, 2.05) is 31.3 Å². The number of non-ortho nitro benzene ring substituents is 3. The van der Waals surface area contributed by atoms with Crippen molar-refractivity contribution < 1.29 is 19.2 Å². The van der Waals surface area contributed by atoms with E-state index in [4.69, 9.17) is 0 Å². The van der Waals surface area contributed by atoms with Crippen molar-refractivity contribution in [2.45, 2.75) is 6.92 Å². The second-order valence-electron chi connectivity index (χ2n) is 8.85. The Balaban J connectivity index is 1.87. The van der Waals surface area contributed by atoms with E-state index < -0.39 is 21.1 Å². The third-order valence-electron chi connectivity index (χ3n) is 7.08. The van der Waals surface area contributed by atoms with E-state index in [0.29, 0.717) is 0 Å². The van der Waals surface area contributed by atoms with Crippen LogP contribution in [0.3, 0.4) is 0 Å². The monoisotopic (exact) mass is 494 g/mol. The largest absolute Gasteiger partial charge is 0.408 e. The highest BCUT2D eigenvalue weighted by Crippen LogP contribution is 2.37. The van der Waals surface area contributed by atoms with Gasteiger partial charge in [-0.05, 0) is 18.6 Å².